The molecule has 0 atom stereocenters. The Morgan fingerprint density at radius 2 is 2.00 bits per heavy atom. The third-order valence-electron chi connectivity index (χ3n) is 4.24. The monoisotopic (exact) mass is 342 g/mol. The number of aliphatic imine (C=N–C) groups is 1. The lowest BCUT2D eigenvalue weighted by Crippen LogP contribution is -2.42. The van der Waals surface area contributed by atoms with Crippen LogP contribution in [0.5, 0.6) is 5.75 Å². The van der Waals surface area contributed by atoms with Crippen molar-refractivity contribution in [2.24, 2.45) is 4.99 Å². The Morgan fingerprint density at radius 1 is 1.20 bits per heavy atom. The average molecular weight is 342 g/mol. The Kier molecular flexibility index (Phi) is 5.93. The van der Waals surface area contributed by atoms with Crippen molar-refractivity contribution in [3.05, 3.63) is 42.0 Å². The van der Waals surface area contributed by atoms with Crippen molar-refractivity contribution < 1.29 is 9.53 Å². The summed E-state index contributed by atoms with van der Waals surface area (Å²) in [5.41, 5.74) is 1.08. The van der Waals surface area contributed by atoms with E-state index in [-0.39, 0.29) is 12.5 Å². The van der Waals surface area contributed by atoms with E-state index in [9.17, 15) is 4.79 Å². The minimum Gasteiger partial charge on any atom is -0.484 e. The highest BCUT2D eigenvalue weighted by atomic mass is 16.5. The second-order valence-electron chi connectivity index (χ2n) is 6.49. The third kappa shape index (κ3) is 5.81. The van der Waals surface area contributed by atoms with Gasteiger partial charge in [-0.2, -0.15) is 0 Å². The predicted molar refractivity (Wildman–Crippen MR) is 98.6 cm³/mol. The number of benzene rings is 1. The van der Waals surface area contributed by atoms with E-state index in [0.29, 0.717) is 24.4 Å². The normalized spacial score (nSPS) is 17.4. The molecule has 2 aliphatic carbocycles. The van der Waals surface area contributed by atoms with Gasteiger partial charge in [0.05, 0.1) is 0 Å². The molecule has 3 rings (SSSR count). The molecule has 6 nitrogen and oxygen atoms in total. The van der Waals surface area contributed by atoms with Crippen molar-refractivity contribution >= 4 is 11.9 Å². The molecular weight excluding hydrogens is 316 g/mol. The van der Waals surface area contributed by atoms with Crippen molar-refractivity contribution in [1.29, 1.82) is 0 Å². The standard InChI is InChI=1S/C19H26N4O2/c1-20-19(23-15-6-2-3-7-15)21-12-14-5-4-8-17(11-14)25-13-18(24)22-16-9-10-16/h2-5,8,11,15-16H,6-7,9-10,12-13H2,1H3,(H,22,24)(H2,20,21,23). The minimum atomic E-state index is -0.0548. The minimum absolute atomic E-state index is 0.0548. The smallest absolute Gasteiger partial charge is 0.258 e. The molecule has 0 saturated heterocycles. The first-order chi connectivity index (χ1) is 12.2. The fraction of sp³-hybridized carbons (Fsp3) is 0.474. The van der Waals surface area contributed by atoms with Crippen LogP contribution in [0.25, 0.3) is 0 Å². The van der Waals surface area contributed by atoms with Gasteiger partial charge in [0, 0.05) is 25.7 Å². The zero-order valence-electron chi connectivity index (χ0n) is 14.6. The highest BCUT2D eigenvalue weighted by Crippen LogP contribution is 2.18. The fourth-order valence-corrected chi connectivity index (χ4v) is 2.70. The molecule has 0 bridgehead atoms. The summed E-state index contributed by atoms with van der Waals surface area (Å²) in [6.45, 7) is 0.705. The van der Waals surface area contributed by atoms with E-state index >= 15 is 0 Å². The van der Waals surface area contributed by atoms with Crippen LogP contribution in [0.2, 0.25) is 0 Å². The molecule has 0 unspecified atom stereocenters. The summed E-state index contributed by atoms with van der Waals surface area (Å²) < 4.78 is 5.58. The number of ether oxygens (including phenoxy) is 1. The molecule has 0 spiro atoms. The van der Waals surface area contributed by atoms with E-state index in [2.05, 4.69) is 33.1 Å². The van der Waals surface area contributed by atoms with Crippen molar-refractivity contribution in [2.75, 3.05) is 13.7 Å². The van der Waals surface area contributed by atoms with Crippen LogP contribution in [0.3, 0.4) is 0 Å². The third-order valence-corrected chi connectivity index (χ3v) is 4.24. The second kappa shape index (κ2) is 8.55. The maximum absolute atomic E-state index is 11.7. The molecule has 1 amide bonds. The van der Waals surface area contributed by atoms with Gasteiger partial charge in [-0.1, -0.05) is 24.3 Å². The summed E-state index contributed by atoms with van der Waals surface area (Å²) in [5, 5.41) is 9.64. The molecule has 25 heavy (non-hydrogen) atoms. The Morgan fingerprint density at radius 3 is 2.72 bits per heavy atom. The van der Waals surface area contributed by atoms with Crippen LogP contribution in [0.1, 0.15) is 31.2 Å². The van der Waals surface area contributed by atoms with Crippen LogP contribution in [-0.2, 0) is 11.3 Å². The Hall–Kier alpha value is -2.50. The predicted octanol–water partition coefficient (Wildman–Crippen LogP) is 1.73. The van der Waals surface area contributed by atoms with E-state index < -0.39 is 0 Å². The van der Waals surface area contributed by atoms with Crippen LogP contribution in [0, 0.1) is 0 Å². The quantitative estimate of drug-likeness (QED) is 0.401. The van der Waals surface area contributed by atoms with Gasteiger partial charge >= 0.3 is 0 Å². The molecule has 1 fully saturated rings. The Balaban J connectivity index is 1.44. The van der Waals surface area contributed by atoms with Gasteiger partial charge < -0.3 is 20.7 Å². The summed E-state index contributed by atoms with van der Waals surface area (Å²) in [6.07, 6.45) is 8.61. The van der Waals surface area contributed by atoms with Gasteiger partial charge in [0.15, 0.2) is 12.6 Å². The van der Waals surface area contributed by atoms with Crippen LogP contribution in [0.4, 0.5) is 0 Å². The van der Waals surface area contributed by atoms with Gasteiger partial charge in [-0.15, -0.1) is 0 Å². The molecule has 3 N–H and O–H groups in total. The largest absolute Gasteiger partial charge is 0.484 e. The van der Waals surface area contributed by atoms with Crippen LogP contribution < -0.4 is 20.7 Å². The maximum Gasteiger partial charge on any atom is 0.258 e. The van der Waals surface area contributed by atoms with Crippen LogP contribution >= 0.6 is 0 Å². The second-order valence-corrected chi connectivity index (χ2v) is 6.49. The fourth-order valence-electron chi connectivity index (χ4n) is 2.70. The molecule has 1 aromatic carbocycles. The number of amides is 1. The number of carbonyl (C=O) groups excluding carboxylic acids is 1. The summed E-state index contributed by atoms with van der Waals surface area (Å²) >= 11 is 0. The van der Waals surface area contributed by atoms with Crippen LogP contribution in [0.15, 0.2) is 41.4 Å². The molecule has 134 valence electrons. The Labute approximate surface area is 148 Å². The molecule has 0 heterocycles. The number of rotatable bonds is 7. The van der Waals surface area contributed by atoms with Crippen LogP contribution in [-0.4, -0.2) is 37.6 Å². The summed E-state index contributed by atoms with van der Waals surface area (Å²) in [4.78, 5) is 16.0. The highest BCUT2D eigenvalue weighted by molar-refractivity contribution is 5.80. The molecule has 0 aromatic heterocycles. The van der Waals surface area contributed by atoms with Crippen molar-refractivity contribution in [3.63, 3.8) is 0 Å². The van der Waals surface area contributed by atoms with Gasteiger partial charge in [-0.3, -0.25) is 9.79 Å². The van der Waals surface area contributed by atoms with Gasteiger partial charge in [-0.05, 0) is 43.4 Å². The maximum atomic E-state index is 11.7. The Bertz CT molecular complexity index is 645. The van der Waals surface area contributed by atoms with Gasteiger partial charge in [-0.25, -0.2) is 0 Å². The zero-order valence-corrected chi connectivity index (χ0v) is 14.6. The van der Waals surface area contributed by atoms with E-state index in [1.807, 2.05) is 24.3 Å². The number of guanidine groups is 1. The van der Waals surface area contributed by atoms with E-state index in [4.69, 9.17) is 4.74 Å². The number of hydrogen-bond acceptors (Lipinski definition) is 3. The van der Waals surface area contributed by atoms with Gasteiger partial charge in [0.1, 0.15) is 5.75 Å². The van der Waals surface area contributed by atoms with Crippen molar-refractivity contribution in [1.82, 2.24) is 16.0 Å². The first-order valence-corrected chi connectivity index (χ1v) is 8.86. The lowest BCUT2D eigenvalue weighted by atomic mass is 10.2. The van der Waals surface area contributed by atoms with E-state index in [0.717, 1.165) is 37.2 Å². The average Bonchev–Trinajstić information content (AvgIpc) is 3.29. The molecular formula is C19H26N4O2. The van der Waals surface area contributed by atoms with Gasteiger partial charge in [0.2, 0.25) is 0 Å². The summed E-state index contributed by atoms with van der Waals surface area (Å²) in [7, 11) is 1.77. The summed E-state index contributed by atoms with van der Waals surface area (Å²) in [6, 6.07) is 8.55. The van der Waals surface area contributed by atoms with Gasteiger partial charge in [0.25, 0.3) is 5.91 Å². The highest BCUT2D eigenvalue weighted by Gasteiger charge is 2.23. The molecule has 0 aliphatic heterocycles. The lowest BCUT2D eigenvalue weighted by Gasteiger charge is -2.17. The SMILES string of the molecule is CN=C(NCc1cccc(OCC(=O)NC2CC2)c1)NC1CC=CC1. The molecule has 0 radical (unpaired) electrons. The number of nitrogens with zero attached hydrogens (tertiary/aromatic N) is 1. The van der Waals surface area contributed by atoms with E-state index in [1.165, 1.54) is 0 Å². The number of nitrogens with one attached hydrogen (secondary N) is 3. The van der Waals surface area contributed by atoms with Crippen molar-refractivity contribution in [2.45, 2.75) is 44.3 Å². The first-order valence-electron chi connectivity index (χ1n) is 8.86. The number of hydrogen-bond donors (Lipinski definition) is 3. The zero-order chi connectivity index (χ0) is 17.5. The molecule has 1 aromatic rings. The lowest BCUT2D eigenvalue weighted by molar-refractivity contribution is -0.123. The first kappa shape index (κ1) is 17.3. The summed E-state index contributed by atoms with van der Waals surface area (Å²) in [5.74, 6) is 1.44. The molecule has 2 aliphatic rings. The number of carbonyl (C=O) groups is 1. The van der Waals surface area contributed by atoms with Crippen molar-refractivity contribution in [3.8, 4) is 5.75 Å². The molecule has 1 saturated carbocycles. The molecule has 6 heteroatoms. The van der Waals surface area contributed by atoms with E-state index in [1.54, 1.807) is 7.05 Å². The topological polar surface area (TPSA) is 74.8 Å².